The molecular formula is C19H20ClN3O3. The van der Waals surface area contributed by atoms with Gasteiger partial charge in [0.05, 0.1) is 12.6 Å². The van der Waals surface area contributed by atoms with Crippen molar-refractivity contribution in [2.45, 2.75) is 25.5 Å². The number of nitrogens with zero attached hydrogens (tertiary/aromatic N) is 1. The van der Waals surface area contributed by atoms with Crippen molar-refractivity contribution in [3.63, 3.8) is 0 Å². The summed E-state index contributed by atoms with van der Waals surface area (Å²) in [5.74, 6) is 0.679. The Bertz CT molecular complexity index is 825. The van der Waals surface area contributed by atoms with Crippen molar-refractivity contribution in [1.29, 1.82) is 0 Å². The van der Waals surface area contributed by atoms with Gasteiger partial charge in [-0.3, -0.25) is 4.79 Å². The van der Waals surface area contributed by atoms with Gasteiger partial charge in [0, 0.05) is 22.6 Å². The predicted molar refractivity (Wildman–Crippen MR) is 100 cm³/mol. The van der Waals surface area contributed by atoms with E-state index in [0.29, 0.717) is 23.6 Å². The Morgan fingerprint density at radius 2 is 2.15 bits per heavy atom. The fourth-order valence-corrected chi connectivity index (χ4v) is 2.86. The molecule has 2 aromatic rings. The number of para-hydroxylation sites is 1. The molecule has 1 aliphatic rings. The highest BCUT2D eigenvalue weighted by atomic mass is 35.5. The van der Waals surface area contributed by atoms with Gasteiger partial charge in [-0.1, -0.05) is 47.1 Å². The van der Waals surface area contributed by atoms with Gasteiger partial charge in [-0.15, -0.1) is 0 Å². The van der Waals surface area contributed by atoms with Crippen LogP contribution in [-0.4, -0.2) is 24.5 Å². The van der Waals surface area contributed by atoms with Crippen LogP contribution >= 0.6 is 11.6 Å². The van der Waals surface area contributed by atoms with Crippen molar-refractivity contribution in [1.82, 2.24) is 5.32 Å². The molecule has 3 rings (SSSR count). The van der Waals surface area contributed by atoms with E-state index in [1.54, 1.807) is 31.2 Å². The lowest BCUT2D eigenvalue weighted by Gasteiger charge is -2.27. The summed E-state index contributed by atoms with van der Waals surface area (Å²) in [6, 6.07) is 14.5. The molecule has 1 aliphatic heterocycles. The number of benzene rings is 2. The maximum Gasteiger partial charge on any atom is 0.264 e. The SMILES string of the molecule is CC(O/N=C(/N)c1cccc(Cl)c1)C(=O)NC1CCOc2ccccc21. The Balaban J connectivity index is 1.61. The van der Waals surface area contributed by atoms with Gasteiger partial charge in [0.15, 0.2) is 5.84 Å². The Kier molecular flexibility index (Phi) is 5.63. The summed E-state index contributed by atoms with van der Waals surface area (Å²) in [7, 11) is 0. The number of oxime groups is 1. The molecule has 0 saturated carbocycles. The normalized spacial score (nSPS) is 17.6. The average molecular weight is 374 g/mol. The van der Waals surface area contributed by atoms with Crippen molar-refractivity contribution in [3.8, 4) is 5.75 Å². The van der Waals surface area contributed by atoms with E-state index in [4.69, 9.17) is 26.9 Å². The lowest BCUT2D eigenvalue weighted by molar-refractivity contribution is -0.132. The predicted octanol–water partition coefficient (Wildman–Crippen LogP) is 3.01. The zero-order valence-corrected chi connectivity index (χ0v) is 15.1. The van der Waals surface area contributed by atoms with Crippen LogP contribution in [0.25, 0.3) is 0 Å². The van der Waals surface area contributed by atoms with Crippen LogP contribution in [0.2, 0.25) is 5.02 Å². The molecule has 0 aliphatic carbocycles. The summed E-state index contributed by atoms with van der Waals surface area (Å²) < 4.78 is 5.60. The number of hydrogen-bond donors (Lipinski definition) is 2. The highest BCUT2D eigenvalue weighted by Gasteiger charge is 2.25. The molecule has 2 unspecified atom stereocenters. The first-order chi connectivity index (χ1) is 12.5. The molecule has 0 aromatic heterocycles. The summed E-state index contributed by atoms with van der Waals surface area (Å²) >= 11 is 5.93. The van der Waals surface area contributed by atoms with Gasteiger partial charge in [0.2, 0.25) is 6.10 Å². The lowest BCUT2D eigenvalue weighted by atomic mass is 10.0. The summed E-state index contributed by atoms with van der Waals surface area (Å²) in [5, 5.41) is 7.36. The number of halogens is 1. The topological polar surface area (TPSA) is 85.9 Å². The van der Waals surface area contributed by atoms with E-state index in [2.05, 4.69) is 10.5 Å². The highest BCUT2D eigenvalue weighted by molar-refractivity contribution is 6.31. The Morgan fingerprint density at radius 1 is 1.35 bits per heavy atom. The number of carbonyl (C=O) groups excluding carboxylic acids is 1. The molecule has 7 heteroatoms. The second-order valence-corrected chi connectivity index (χ2v) is 6.41. The van der Waals surface area contributed by atoms with E-state index in [1.807, 2.05) is 24.3 Å². The molecule has 6 nitrogen and oxygen atoms in total. The molecule has 2 aromatic carbocycles. The van der Waals surface area contributed by atoms with E-state index >= 15 is 0 Å². The zero-order chi connectivity index (χ0) is 18.5. The van der Waals surface area contributed by atoms with E-state index in [0.717, 1.165) is 11.3 Å². The third-order valence-corrected chi connectivity index (χ3v) is 4.31. The van der Waals surface area contributed by atoms with Crippen LogP contribution in [0, 0.1) is 0 Å². The third-order valence-electron chi connectivity index (χ3n) is 4.07. The van der Waals surface area contributed by atoms with Crippen molar-refractivity contribution in [3.05, 3.63) is 64.7 Å². The molecule has 0 saturated heterocycles. The number of amidine groups is 1. The Hall–Kier alpha value is -2.73. The van der Waals surface area contributed by atoms with Gasteiger partial charge in [0.1, 0.15) is 5.75 Å². The van der Waals surface area contributed by atoms with E-state index in [9.17, 15) is 4.79 Å². The van der Waals surface area contributed by atoms with Crippen LogP contribution < -0.4 is 15.8 Å². The molecule has 1 heterocycles. The zero-order valence-electron chi connectivity index (χ0n) is 14.3. The first-order valence-electron chi connectivity index (χ1n) is 8.32. The maximum atomic E-state index is 12.4. The minimum atomic E-state index is -0.789. The van der Waals surface area contributed by atoms with Crippen molar-refractivity contribution < 1.29 is 14.4 Å². The molecule has 0 radical (unpaired) electrons. The molecule has 2 atom stereocenters. The van der Waals surface area contributed by atoms with E-state index in [-0.39, 0.29) is 17.8 Å². The molecular weight excluding hydrogens is 354 g/mol. The van der Waals surface area contributed by atoms with Crippen LogP contribution in [0.4, 0.5) is 0 Å². The highest BCUT2D eigenvalue weighted by Crippen LogP contribution is 2.31. The quantitative estimate of drug-likeness (QED) is 0.479. The molecule has 0 bridgehead atoms. The van der Waals surface area contributed by atoms with Gasteiger partial charge < -0.3 is 20.6 Å². The van der Waals surface area contributed by atoms with Crippen molar-refractivity contribution in [2.24, 2.45) is 10.9 Å². The second-order valence-electron chi connectivity index (χ2n) is 5.97. The molecule has 3 N–H and O–H groups in total. The van der Waals surface area contributed by atoms with Gasteiger partial charge in [0.25, 0.3) is 5.91 Å². The number of hydrogen-bond acceptors (Lipinski definition) is 4. The number of fused-ring (bicyclic) bond motifs is 1. The van der Waals surface area contributed by atoms with Gasteiger partial charge >= 0.3 is 0 Å². The number of rotatable bonds is 5. The largest absolute Gasteiger partial charge is 0.493 e. The Morgan fingerprint density at radius 3 is 2.96 bits per heavy atom. The molecule has 136 valence electrons. The van der Waals surface area contributed by atoms with Crippen LogP contribution in [0.5, 0.6) is 5.75 Å². The molecule has 1 amide bonds. The van der Waals surface area contributed by atoms with Gasteiger partial charge in [-0.2, -0.15) is 0 Å². The first-order valence-corrected chi connectivity index (χ1v) is 8.69. The fraction of sp³-hybridized carbons (Fsp3) is 0.263. The minimum absolute atomic E-state index is 0.118. The molecule has 26 heavy (non-hydrogen) atoms. The Labute approximate surface area is 156 Å². The summed E-state index contributed by atoms with van der Waals surface area (Å²) in [5.41, 5.74) is 7.47. The van der Waals surface area contributed by atoms with E-state index < -0.39 is 6.10 Å². The van der Waals surface area contributed by atoms with Crippen LogP contribution in [0.3, 0.4) is 0 Å². The summed E-state index contributed by atoms with van der Waals surface area (Å²) in [4.78, 5) is 17.7. The smallest absolute Gasteiger partial charge is 0.264 e. The average Bonchev–Trinajstić information content (AvgIpc) is 2.66. The third kappa shape index (κ3) is 4.26. The monoisotopic (exact) mass is 373 g/mol. The minimum Gasteiger partial charge on any atom is -0.493 e. The number of ether oxygens (including phenoxy) is 1. The number of nitrogens with one attached hydrogen (secondary N) is 1. The number of amides is 1. The summed E-state index contributed by atoms with van der Waals surface area (Å²) in [6.07, 6.45) is -0.0913. The van der Waals surface area contributed by atoms with Crippen LogP contribution in [0.15, 0.2) is 53.7 Å². The number of carbonyl (C=O) groups is 1. The second kappa shape index (κ2) is 8.10. The number of nitrogens with two attached hydrogens (primary N) is 1. The van der Waals surface area contributed by atoms with E-state index in [1.165, 1.54) is 0 Å². The maximum absolute atomic E-state index is 12.4. The fourth-order valence-electron chi connectivity index (χ4n) is 2.67. The first kappa shape index (κ1) is 18.1. The van der Waals surface area contributed by atoms with Crippen molar-refractivity contribution in [2.75, 3.05) is 6.61 Å². The standard InChI is InChI=1S/C19H20ClN3O3/c1-12(26-23-18(21)13-5-4-6-14(20)11-13)19(24)22-16-9-10-25-17-8-3-2-7-15(16)17/h2-8,11-12,16H,9-10H2,1H3,(H2,21,23)(H,22,24). The molecule has 0 spiro atoms. The lowest BCUT2D eigenvalue weighted by Crippen LogP contribution is -2.38. The van der Waals surface area contributed by atoms with Gasteiger partial charge in [-0.25, -0.2) is 0 Å². The van der Waals surface area contributed by atoms with Gasteiger partial charge in [-0.05, 0) is 25.1 Å². The molecule has 0 fully saturated rings. The van der Waals surface area contributed by atoms with Crippen molar-refractivity contribution >= 4 is 23.3 Å². The van der Waals surface area contributed by atoms with Crippen LogP contribution in [0.1, 0.15) is 30.5 Å². The summed E-state index contributed by atoms with van der Waals surface area (Å²) in [6.45, 7) is 2.17. The van der Waals surface area contributed by atoms with Crippen LogP contribution in [-0.2, 0) is 9.63 Å².